The Morgan fingerprint density at radius 1 is 1.28 bits per heavy atom. The summed E-state index contributed by atoms with van der Waals surface area (Å²) < 4.78 is 39.4. The van der Waals surface area contributed by atoms with Crippen LogP contribution in [-0.4, -0.2) is 34.8 Å². The smallest absolute Gasteiger partial charge is 0.313 e. The molecule has 0 N–H and O–H groups in total. The Kier molecular flexibility index (Phi) is 6.64. The Balaban J connectivity index is 1.78. The number of carbonyl (C=O) groups excluding carboxylic acids is 1. The van der Waals surface area contributed by atoms with Gasteiger partial charge < -0.3 is 4.90 Å². The van der Waals surface area contributed by atoms with Gasteiger partial charge in [-0.3, -0.25) is 9.69 Å². The molecule has 1 unspecified atom stereocenters. The summed E-state index contributed by atoms with van der Waals surface area (Å²) >= 11 is 5.73. The van der Waals surface area contributed by atoms with Crippen LogP contribution in [0.2, 0.25) is 5.02 Å². The van der Waals surface area contributed by atoms with Crippen LogP contribution in [0, 0.1) is 11.8 Å². The van der Waals surface area contributed by atoms with Crippen LogP contribution in [-0.2, 0) is 17.5 Å². The highest BCUT2D eigenvalue weighted by Crippen LogP contribution is 2.37. The van der Waals surface area contributed by atoms with Gasteiger partial charge in [-0.25, -0.2) is 0 Å². The van der Waals surface area contributed by atoms with Gasteiger partial charge in [-0.2, -0.15) is 13.2 Å². The second-order valence-corrected chi connectivity index (χ2v) is 8.76. The Labute approximate surface area is 175 Å². The van der Waals surface area contributed by atoms with Crippen molar-refractivity contribution < 1.29 is 18.0 Å². The normalized spacial score (nSPS) is 21.9. The molecule has 7 heteroatoms. The van der Waals surface area contributed by atoms with E-state index in [4.69, 9.17) is 11.6 Å². The first-order chi connectivity index (χ1) is 13.6. The topological polar surface area (TPSA) is 23.6 Å². The summed E-state index contributed by atoms with van der Waals surface area (Å²) in [5.41, 5.74) is 0.906. The van der Waals surface area contributed by atoms with Gasteiger partial charge in [0.15, 0.2) is 0 Å². The molecule has 1 saturated heterocycles. The van der Waals surface area contributed by atoms with E-state index in [0.29, 0.717) is 31.0 Å². The summed E-state index contributed by atoms with van der Waals surface area (Å²) in [6, 6.07) is 4.30. The van der Waals surface area contributed by atoms with Gasteiger partial charge in [0.05, 0.1) is 10.6 Å². The van der Waals surface area contributed by atoms with Crippen molar-refractivity contribution in [3.8, 4) is 0 Å². The first-order valence-electron chi connectivity index (χ1n) is 10.2. The summed E-state index contributed by atoms with van der Waals surface area (Å²) in [4.78, 5) is 16.8. The van der Waals surface area contributed by atoms with E-state index in [2.05, 4.69) is 31.7 Å². The van der Waals surface area contributed by atoms with E-state index in [0.717, 1.165) is 31.1 Å². The first kappa shape index (κ1) is 22.2. The monoisotopic (exact) mass is 428 g/mol. The zero-order valence-corrected chi connectivity index (χ0v) is 17.9. The molecule has 1 aromatic rings. The SMILES string of the molecule is CCC(C(C)C)N1C(=O)CC[C@@H]2CN(Cc3ccc(Cl)c(C(F)(F)F)c3)CC=C21. The molecule has 1 amide bonds. The molecule has 29 heavy (non-hydrogen) atoms. The highest BCUT2D eigenvalue weighted by Gasteiger charge is 2.38. The van der Waals surface area contributed by atoms with Crippen molar-refractivity contribution >= 4 is 17.5 Å². The molecule has 0 bridgehead atoms. The van der Waals surface area contributed by atoms with Crippen LogP contribution < -0.4 is 0 Å². The Hall–Kier alpha value is -1.53. The van der Waals surface area contributed by atoms with Crippen molar-refractivity contribution in [1.82, 2.24) is 9.80 Å². The fourth-order valence-corrected chi connectivity index (χ4v) is 4.79. The molecule has 2 aliphatic heterocycles. The quantitative estimate of drug-likeness (QED) is 0.597. The molecule has 2 atom stereocenters. The molecule has 1 fully saturated rings. The third-order valence-corrected chi connectivity index (χ3v) is 6.30. The lowest BCUT2D eigenvalue weighted by atomic mass is 9.86. The van der Waals surface area contributed by atoms with E-state index in [1.54, 1.807) is 6.07 Å². The van der Waals surface area contributed by atoms with Crippen molar-refractivity contribution in [3.05, 3.63) is 46.1 Å². The minimum Gasteiger partial charge on any atom is -0.313 e. The zero-order chi connectivity index (χ0) is 21.3. The largest absolute Gasteiger partial charge is 0.417 e. The minimum absolute atomic E-state index is 0.189. The highest BCUT2D eigenvalue weighted by atomic mass is 35.5. The van der Waals surface area contributed by atoms with E-state index in [-0.39, 0.29) is 22.9 Å². The van der Waals surface area contributed by atoms with Crippen LogP contribution in [0.25, 0.3) is 0 Å². The van der Waals surface area contributed by atoms with Crippen molar-refractivity contribution in [2.45, 2.75) is 58.8 Å². The number of hydrogen-bond acceptors (Lipinski definition) is 2. The van der Waals surface area contributed by atoms with Gasteiger partial charge in [-0.15, -0.1) is 0 Å². The number of piperidine rings is 1. The maximum absolute atomic E-state index is 13.1. The number of hydrogen-bond donors (Lipinski definition) is 0. The lowest BCUT2D eigenvalue weighted by molar-refractivity contribution is -0.137. The van der Waals surface area contributed by atoms with Gasteiger partial charge >= 0.3 is 6.18 Å². The van der Waals surface area contributed by atoms with Crippen LogP contribution in [0.4, 0.5) is 13.2 Å². The summed E-state index contributed by atoms with van der Waals surface area (Å²) in [6.45, 7) is 8.17. The standard InChI is InChI=1S/C22H28ClF3N2O/c1-4-19(14(2)3)28-20-9-10-27(13-16(20)6-8-21(28)29)12-15-5-7-18(23)17(11-15)22(24,25)26/h5,7,9,11,14,16,19H,4,6,8,10,12-13H2,1-3H3/t16-,19?/m1/s1. The van der Waals surface area contributed by atoms with Gasteiger partial charge in [0.25, 0.3) is 0 Å². The molecule has 0 saturated carbocycles. The second kappa shape index (κ2) is 8.68. The molecule has 160 valence electrons. The summed E-state index contributed by atoms with van der Waals surface area (Å²) in [7, 11) is 0. The molecular weight excluding hydrogens is 401 g/mol. The molecule has 0 aliphatic carbocycles. The molecular formula is C22H28ClF3N2O. The number of halogens is 4. The van der Waals surface area contributed by atoms with Crippen LogP contribution in [0.3, 0.4) is 0 Å². The Morgan fingerprint density at radius 3 is 2.62 bits per heavy atom. The molecule has 0 spiro atoms. The number of benzene rings is 1. The van der Waals surface area contributed by atoms with Crippen LogP contribution in [0.15, 0.2) is 30.0 Å². The average molecular weight is 429 g/mol. The Morgan fingerprint density at radius 2 is 2.00 bits per heavy atom. The highest BCUT2D eigenvalue weighted by molar-refractivity contribution is 6.31. The molecule has 2 aliphatic rings. The molecule has 1 aromatic carbocycles. The van der Waals surface area contributed by atoms with Crippen molar-refractivity contribution in [1.29, 1.82) is 0 Å². The number of carbonyl (C=O) groups is 1. The summed E-state index contributed by atoms with van der Waals surface area (Å²) in [6.07, 6.45) is -0.143. The van der Waals surface area contributed by atoms with E-state index >= 15 is 0 Å². The molecule has 2 heterocycles. The first-order valence-corrected chi connectivity index (χ1v) is 10.6. The van der Waals surface area contributed by atoms with Gasteiger partial charge in [0.2, 0.25) is 5.91 Å². The van der Waals surface area contributed by atoms with Gasteiger partial charge in [-0.05, 0) is 36.5 Å². The maximum atomic E-state index is 13.1. The van der Waals surface area contributed by atoms with E-state index in [9.17, 15) is 18.0 Å². The fourth-order valence-electron chi connectivity index (χ4n) is 4.57. The second-order valence-electron chi connectivity index (χ2n) is 8.35. The van der Waals surface area contributed by atoms with Crippen molar-refractivity contribution in [3.63, 3.8) is 0 Å². The number of nitrogens with zero attached hydrogens (tertiary/aromatic N) is 2. The zero-order valence-electron chi connectivity index (χ0n) is 17.1. The van der Waals surface area contributed by atoms with E-state index < -0.39 is 11.7 Å². The van der Waals surface area contributed by atoms with Gasteiger partial charge in [-0.1, -0.05) is 44.5 Å². The summed E-state index contributed by atoms with van der Waals surface area (Å²) in [5.74, 6) is 0.800. The average Bonchev–Trinajstić information content (AvgIpc) is 2.64. The molecule has 3 nitrogen and oxygen atoms in total. The lowest BCUT2D eigenvalue weighted by Crippen LogP contribution is -2.50. The summed E-state index contributed by atoms with van der Waals surface area (Å²) in [5, 5.41) is -0.275. The number of amides is 1. The van der Waals surface area contributed by atoms with Crippen molar-refractivity contribution in [2.24, 2.45) is 11.8 Å². The number of fused-ring (bicyclic) bond motifs is 1. The molecule has 0 radical (unpaired) electrons. The van der Waals surface area contributed by atoms with Crippen LogP contribution in [0.5, 0.6) is 0 Å². The van der Waals surface area contributed by atoms with Crippen LogP contribution >= 0.6 is 11.6 Å². The third kappa shape index (κ3) is 4.80. The molecule has 0 aromatic heterocycles. The van der Waals surface area contributed by atoms with E-state index in [1.165, 1.54) is 6.07 Å². The number of likely N-dealkylation sites (tertiary alicyclic amines) is 1. The number of rotatable bonds is 5. The van der Waals surface area contributed by atoms with Gasteiger partial charge in [0, 0.05) is 43.7 Å². The lowest BCUT2D eigenvalue weighted by Gasteiger charge is -2.45. The van der Waals surface area contributed by atoms with Crippen molar-refractivity contribution in [2.75, 3.05) is 13.1 Å². The van der Waals surface area contributed by atoms with Crippen LogP contribution in [0.1, 0.15) is 51.2 Å². The predicted molar refractivity (Wildman–Crippen MR) is 108 cm³/mol. The molecule has 3 rings (SSSR count). The minimum atomic E-state index is -4.46. The third-order valence-electron chi connectivity index (χ3n) is 5.97. The Bertz CT molecular complexity index is 791. The predicted octanol–water partition coefficient (Wildman–Crippen LogP) is 5.73. The van der Waals surface area contributed by atoms with Gasteiger partial charge in [0.1, 0.15) is 0 Å². The number of alkyl halides is 3. The van der Waals surface area contributed by atoms with E-state index in [1.807, 2.05) is 4.90 Å². The fraction of sp³-hybridized carbons (Fsp3) is 0.591. The maximum Gasteiger partial charge on any atom is 0.417 e.